The van der Waals surface area contributed by atoms with E-state index >= 15 is 0 Å². The molecule has 0 saturated carbocycles. The van der Waals surface area contributed by atoms with Crippen molar-refractivity contribution in [3.8, 4) is 17.1 Å². The first kappa shape index (κ1) is 23.2. The summed E-state index contributed by atoms with van der Waals surface area (Å²) in [5.74, 6) is 3.09. The lowest BCUT2D eigenvalue weighted by molar-refractivity contribution is -0.384. The summed E-state index contributed by atoms with van der Waals surface area (Å²) in [6.07, 6.45) is 1.30. The highest BCUT2D eigenvalue weighted by Crippen LogP contribution is 2.45. The molecular formula is C22H18ClN3O5S2. The van der Waals surface area contributed by atoms with Crippen molar-refractivity contribution in [2.24, 2.45) is 5.10 Å². The van der Waals surface area contributed by atoms with Crippen molar-refractivity contribution in [2.75, 3.05) is 18.1 Å². The van der Waals surface area contributed by atoms with Crippen LogP contribution in [0.15, 0.2) is 64.1 Å². The molecule has 1 aliphatic rings. The lowest BCUT2D eigenvalue weighted by Gasteiger charge is -2.09. The number of nitro benzene ring substituents is 1. The second kappa shape index (κ2) is 10.8. The van der Waals surface area contributed by atoms with E-state index in [2.05, 4.69) is 10.5 Å². The lowest BCUT2D eigenvalue weighted by Crippen LogP contribution is -2.24. The molecule has 1 fully saturated rings. The van der Waals surface area contributed by atoms with Crippen LogP contribution >= 0.6 is 35.1 Å². The molecule has 1 N–H and O–H groups in total. The maximum Gasteiger partial charge on any atom is 0.281 e. The normalized spacial score (nSPS) is 14.0. The molecule has 170 valence electrons. The van der Waals surface area contributed by atoms with Crippen LogP contribution in [-0.4, -0.2) is 35.2 Å². The van der Waals surface area contributed by atoms with Gasteiger partial charge in [-0.2, -0.15) is 5.10 Å². The molecule has 0 atom stereocenters. The van der Waals surface area contributed by atoms with E-state index < -0.39 is 10.8 Å². The Bertz CT molecular complexity index is 1180. The number of hydrogen-bond donors (Lipinski definition) is 1. The molecule has 1 amide bonds. The number of rotatable bonds is 8. The maximum absolute atomic E-state index is 12.0. The molecule has 2 heterocycles. The van der Waals surface area contributed by atoms with Crippen molar-refractivity contribution in [3.63, 3.8) is 0 Å². The molecule has 11 heteroatoms. The first-order valence-corrected chi connectivity index (χ1v) is 12.3. The van der Waals surface area contributed by atoms with E-state index in [9.17, 15) is 14.9 Å². The van der Waals surface area contributed by atoms with Gasteiger partial charge in [-0.3, -0.25) is 14.9 Å². The van der Waals surface area contributed by atoms with E-state index in [-0.39, 0.29) is 28.6 Å². The lowest BCUT2D eigenvalue weighted by atomic mass is 10.1. The number of hydrazone groups is 1. The minimum Gasteiger partial charge on any atom is -0.484 e. The van der Waals surface area contributed by atoms with Gasteiger partial charge in [0.2, 0.25) is 0 Å². The van der Waals surface area contributed by atoms with Crippen LogP contribution in [0, 0.1) is 10.1 Å². The number of hydrogen-bond acceptors (Lipinski definition) is 8. The van der Waals surface area contributed by atoms with Crippen LogP contribution in [0.5, 0.6) is 5.75 Å². The predicted molar refractivity (Wildman–Crippen MR) is 131 cm³/mol. The Labute approximate surface area is 202 Å². The summed E-state index contributed by atoms with van der Waals surface area (Å²) in [6.45, 7) is -0.190. The highest BCUT2D eigenvalue weighted by Gasteiger charge is 2.19. The molecule has 1 saturated heterocycles. The van der Waals surface area contributed by atoms with Crippen molar-refractivity contribution in [1.29, 1.82) is 0 Å². The summed E-state index contributed by atoms with van der Waals surface area (Å²) in [4.78, 5) is 22.7. The van der Waals surface area contributed by atoms with Gasteiger partial charge in [0.15, 0.2) is 6.61 Å². The topological polar surface area (TPSA) is 107 Å². The Morgan fingerprint density at radius 2 is 1.97 bits per heavy atom. The first-order chi connectivity index (χ1) is 16.0. The third-order valence-corrected chi connectivity index (χ3v) is 7.91. The van der Waals surface area contributed by atoms with Gasteiger partial charge in [0.05, 0.1) is 21.3 Å². The number of ether oxygens (including phenoxy) is 1. The molecular weight excluding hydrogens is 486 g/mol. The van der Waals surface area contributed by atoms with E-state index in [0.717, 1.165) is 11.5 Å². The molecule has 8 nitrogen and oxygen atoms in total. The van der Waals surface area contributed by atoms with Crippen molar-refractivity contribution in [3.05, 3.63) is 81.1 Å². The molecule has 0 unspecified atom stereocenters. The maximum atomic E-state index is 12.0. The molecule has 0 radical (unpaired) electrons. The van der Waals surface area contributed by atoms with Gasteiger partial charge in [0.1, 0.15) is 17.3 Å². The van der Waals surface area contributed by atoms with Gasteiger partial charge in [0.25, 0.3) is 11.6 Å². The smallest absolute Gasteiger partial charge is 0.281 e. The molecule has 4 rings (SSSR count). The SMILES string of the molecule is O=C(COc1ccc(C2SCCS2)cc1)N/N=C\c1ccc(-c2ccc(Cl)cc2[N+](=O)[O-])o1. The molecule has 0 aliphatic carbocycles. The fourth-order valence-corrected chi connectivity index (χ4v) is 6.08. The summed E-state index contributed by atoms with van der Waals surface area (Å²) in [5.41, 5.74) is 3.72. The highest BCUT2D eigenvalue weighted by molar-refractivity contribution is 8.19. The summed E-state index contributed by atoms with van der Waals surface area (Å²) in [5, 5.41) is 15.4. The van der Waals surface area contributed by atoms with E-state index in [4.69, 9.17) is 20.8 Å². The van der Waals surface area contributed by atoms with Crippen molar-refractivity contribution in [2.45, 2.75) is 4.58 Å². The molecule has 3 aromatic rings. The van der Waals surface area contributed by atoms with Gasteiger partial charge in [-0.1, -0.05) is 23.7 Å². The number of furan rings is 1. The number of nitrogens with zero attached hydrogens (tertiary/aromatic N) is 2. The highest BCUT2D eigenvalue weighted by atomic mass is 35.5. The quantitative estimate of drug-likeness (QED) is 0.245. The zero-order valence-electron chi connectivity index (χ0n) is 17.1. The number of benzene rings is 2. The number of amides is 1. The molecule has 33 heavy (non-hydrogen) atoms. The Hall–Kier alpha value is -2.95. The van der Waals surface area contributed by atoms with Gasteiger partial charge >= 0.3 is 0 Å². The number of carbonyl (C=O) groups is 1. The van der Waals surface area contributed by atoms with Gasteiger partial charge < -0.3 is 9.15 Å². The molecule has 1 aromatic heterocycles. The summed E-state index contributed by atoms with van der Waals surface area (Å²) in [7, 11) is 0. The Morgan fingerprint density at radius 3 is 2.70 bits per heavy atom. The van der Waals surface area contributed by atoms with Crippen LogP contribution in [0.1, 0.15) is 15.9 Å². The summed E-state index contributed by atoms with van der Waals surface area (Å²) in [6, 6.07) is 15.2. The predicted octanol–water partition coefficient (Wildman–Crippen LogP) is 5.52. The van der Waals surface area contributed by atoms with E-state index in [0.29, 0.717) is 16.1 Å². The molecule has 2 aromatic carbocycles. The molecule has 1 aliphatic heterocycles. The monoisotopic (exact) mass is 503 g/mol. The van der Waals surface area contributed by atoms with Crippen LogP contribution in [0.3, 0.4) is 0 Å². The van der Waals surface area contributed by atoms with Gasteiger partial charge in [0, 0.05) is 22.6 Å². The van der Waals surface area contributed by atoms with Gasteiger partial charge in [-0.15, -0.1) is 23.5 Å². The fourth-order valence-electron chi connectivity index (χ4n) is 3.05. The number of carbonyl (C=O) groups excluding carboxylic acids is 1. The Balaban J connectivity index is 1.29. The standard InChI is InChI=1S/C22H18ClN3O5S2/c23-15-3-7-18(19(11-15)26(28)29)20-8-6-17(31-20)12-24-25-21(27)13-30-16-4-1-14(2-5-16)22-32-9-10-33-22/h1-8,11-12,22H,9-10,13H2,(H,25,27)/b24-12-. The molecule has 0 spiro atoms. The summed E-state index contributed by atoms with van der Waals surface area (Å²) < 4.78 is 11.5. The second-order valence-electron chi connectivity index (χ2n) is 6.84. The minimum atomic E-state index is -0.530. The number of halogens is 1. The average Bonchev–Trinajstić information content (AvgIpc) is 3.51. The largest absolute Gasteiger partial charge is 0.484 e. The third-order valence-electron chi connectivity index (χ3n) is 4.57. The number of nitrogens with one attached hydrogen (secondary N) is 1. The van der Waals surface area contributed by atoms with Crippen LogP contribution in [0.25, 0.3) is 11.3 Å². The average molecular weight is 504 g/mol. The van der Waals surface area contributed by atoms with E-state index in [1.54, 1.807) is 18.2 Å². The second-order valence-corrected chi connectivity index (χ2v) is 10.0. The van der Waals surface area contributed by atoms with Crippen molar-refractivity contribution in [1.82, 2.24) is 5.43 Å². The Kier molecular flexibility index (Phi) is 7.58. The van der Waals surface area contributed by atoms with E-state index in [1.807, 2.05) is 47.8 Å². The third kappa shape index (κ3) is 6.10. The zero-order chi connectivity index (χ0) is 23.2. The number of thioether (sulfide) groups is 2. The Morgan fingerprint density at radius 1 is 1.21 bits per heavy atom. The fraction of sp³-hybridized carbons (Fsp3) is 0.182. The van der Waals surface area contributed by atoms with E-state index in [1.165, 1.54) is 23.9 Å². The van der Waals surface area contributed by atoms with Crippen molar-refractivity contribution < 1.29 is 18.9 Å². The van der Waals surface area contributed by atoms with Crippen LogP contribution in [0.2, 0.25) is 5.02 Å². The van der Waals surface area contributed by atoms with Crippen LogP contribution < -0.4 is 10.2 Å². The first-order valence-electron chi connectivity index (χ1n) is 9.81. The van der Waals surface area contributed by atoms with Gasteiger partial charge in [-0.25, -0.2) is 5.43 Å². The summed E-state index contributed by atoms with van der Waals surface area (Å²) >= 11 is 9.70. The van der Waals surface area contributed by atoms with Crippen molar-refractivity contribution >= 4 is 52.9 Å². The van der Waals surface area contributed by atoms with Gasteiger partial charge in [-0.05, 0) is 42.0 Å². The zero-order valence-corrected chi connectivity index (χ0v) is 19.5. The number of nitro groups is 1. The van der Waals surface area contributed by atoms with Crippen LogP contribution in [0.4, 0.5) is 5.69 Å². The van der Waals surface area contributed by atoms with Crippen LogP contribution in [-0.2, 0) is 4.79 Å². The minimum absolute atomic E-state index is 0.167. The molecule has 0 bridgehead atoms.